The highest BCUT2D eigenvalue weighted by Crippen LogP contribution is 2.21. The predicted molar refractivity (Wildman–Crippen MR) is 133 cm³/mol. The maximum atomic E-state index is 12.8. The van der Waals surface area contributed by atoms with Crippen LogP contribution in [0.5, 0.6) is 0 Å². The lowest BCUT2D eigenvalue weighted by Crippen LogP contribution is -2.27. The van der Waals surface area contributed by atoms with E-state index in [4.69, 9.17) is 11.3 Å². The lowest BCUT2D eigenvalue weighted by Gasteiger charge is -2.14. The van der Waals surface area contributed by atoms with E-state index in [2.05, 4.69) is 16.5 Å². The van der Waals surface area contributed by atoms with Crippen molar-refractivity contribution in [3.63, 3.8) is 0 Å². The molecule has 178 valence electrons. The van der Waals surface area contributed by atoms with E-state index in [9.17, 15) is 13.2 Å². The highest BCUT2D eigenvalue weighted by Gasteiger charge is 2.20. The fraction of sp³-hybridized carbons (Fsp3) is 0.154. The third-order valence-corrected chi connectivity index (χ3v) is 7.22. The molecule has 0 unspecified atom stereocenters. The lowest BCUT2D eigenvalue weighted by atomic mass is 10.2. The number of hydroxylamine groups is 1. The second-order valence-corrected chi connectivity index (χ2v) is 9.88. The molecule has 0 saturated heterocycles. The average Bonchev–Trinajstić information content (AvgIpc) is 3.23. The second-order valence-electron chi connectivity index (χ2n) is 7.84. The van der Waals surface area contributed by atoms with Crippen molar-refractivity contribution in [2.45, 2.75) is 18.0 Å². The number of aromatic nitrogens is 2. The van der Waals surface area contributed by atoms with Gasteiger partial charge in [-0.2, -0.15) is 9.40 Å². The molecule has 8 nitrogen and oxygen atoms in total. The highest BCUT2D eigenvalue weighted by atomic mass is 32.2. The van der Waals surface area contributed by atoms with Gasteiger partial charge < -0.3 is 0 Å². The van der Waals surface area contributed by atoms with E-state index in [1.807, 2.05) is 54.6 Å². The van der Waals surface area contributed by atoms with E-state index in [0.29, 0.717) is 11.9 Å². The number of carbonyl (C=O) groups excluding carboxylic acids is 1. The first kappa shape index (κ1) is 24.2. The summed E-state index contributed by atoms with van der Waals surface area (Å²) in [5.74, 6) is 1.88. The van der Waals surface area contributed by atoms with Crippen molar-refractivity contribution in [2.24, 2.45) is 0 Å². The summed E-state index contributed by atoms with van der Waals surface area (Å²) in [5.41, 5.74) is 5.22. The Balaban J connectivity index is 1.51. The number of nitrogens with zero attached hydrogens (tertiary/aromatic N) is 3. The Labute approximate surface area is 204 Å². The van der Waals surface area contributed by atoms with Crippen LogP contribution in [0.2, 0.25) is 0 Å². The van der Waals surface area contributed by atoms with Gasteiger partial charge in [0, 0.05) is 12.4 Å². The molecule has 1 amide bonds. The van der Waals surface area contributed by atoms with Gasteiger partial charge in [-0.05, 0) is 29.3 Å². The number of carbonyl (C=O) groups is 1. The Morgan fingerprint density at radius 3 is 2.43 bits per heavy atom. The van der Waals surface area contributed by atoms with Gasteiger partial charge in [-0.15, -0.1) is 6.42 Å². The van der Waals surface area contributed by atoms with E-state index in [1.165, 1.54) is 19.2 Å². The summed E-state index contributed by atoms with van der Waals surface area (Å²) in [6.07, 6.45) is 5.23. The number of hydrogen-bond acceptors (Lipinski definition) is 5. The van der Waals surface area contributed by atoms with Gasteiger partial charge in [0.1, 0.15) is 0 Å². The predicted octanol–water partition coefficient (Wildman–Crippen LogP) is 3.20. The highest BCUT2D eigenvalue weighted by molar-refractivity contribution is 7.89. The first-order chi connectivity index (χ1) is 16.9. The molecule has 0 aliphatic rings. The van der Waals surface area contributed by atoms with Gasteiger partial charge in [-0.1, -0.05) is 66.6 Å². The minimum atomic E-state index is -3.66. The molecule has 1 N–H and O–H groups in total. The molecule has 9 heteroatoms. The molecule has 4 aromatic rings. The SMILES string of the molecule is C#CCN(C)S(=O)(=O)c1ccc(Cn2nc(C(=O)NOCc3ccccc3)c3ccccc32)cc1. The maximum absolute atomic E-state index is 12.8. The summed E-state index contributed by atoms with van der Waals surface area (Å²) in [7, 11) is -2.22. The Morgan fingerprint density at radius 2 is 1.71 bits per heavy atom. The fourth-order valence-electron chi connectivity index (χ4n) is 3.56. The molecule has 0 saturated carbocycles. The monoisotopic (exact) mass is 488 g/mol. The molecule has 0 bridgehead atoms. The Kier molecular flexibility index (Phi) is 7.27. The molecular weight excluding hydrogens is 464 g/mol. The lowest BCUT2D eigenvalue weighted by molar-refractivity contribution is 0.0230. The molecule has 0 radical (unpaired) electrons. The Morgan fingerprint density at radius 1 is 1.03 bits per heavy atom. The first-order valence-electron chi connectivity index (χ1n) is 10.8. The topological polar surface area (TPSA) is 93.5 Å². The first-order valence-corrected chi connectivity index (χ1v) is 12.2. The molecule has 0 aliphatic heterocycles. The molecule has 35 heavy (non-hydrogen) atoms. The largest absolute Gasteiger partial charge is 0.295 e. The van der Waals surface area contributed by atoms with E-state index in [-0.39, 0.29) is 23.7 Å². The van der Waals surface area contributed by atoms with Crippen molar-refractivity contribution in [3.05, 3.63) is 95.7 Å². The van der Waals surface area contributed by atoms with E-state index in [1.54, 1.807) is 16.8 Å². The molecule has 3 aromatic carbocycles. The van der Waals surface area contributed by atoms with Gasteiger partial charge in [0.2, 0.25) is 10.0 Å². The summed E-state index contributed by atoms with van der Waals surface area (Å²) < 4.78 is 28.0. The van der Waals surface area contributed by atoms with Crippen molar-refractivity contribution in [3.8, 4) is 12.3 Å². The second kappa shape index (κ2) is 10.5. The summed E-state index contributed by atoms with van der Waals surface area (Å²) in [6.45, 7) is 0.569. The molecule has 1 aromatic heterocycles. The Bertz CT molecular complexity index is 1470. The molecule has 0 fully saturated rings. The Hall–Kier alpha value is -3.97. The summed E-state index contributed by atoms with van der Waals surface area (Å²) >= 11 is 0. The number of rotatable bonds is 9. The normalized spacial score (nSPS) is 11.5. The number of hydrogen-bond donors (Lipinski definition) is 1. The van der Waals surface area contributed by atoms with Gasteiger partial charge in [0.05, 0.1) is 30.1 Å². The third-order valence-electron chi connectivity index (χ3n) is 5.40. The maximum Gasteiger partial charge on any atom is 0.295 e. The van der Waals surface area contributed by atoms with Gasteiger partial charge in [0.15, 0.2) is 5.69 Å². The smallest absolute Gasteiger partial charge is 0.269 e. The fourth-order valence-corrected chi connectivity index (χ4v) is 4.64. The number of para-hydroxylation sites is 1. The van der Waals surface area contributed by atoms with Gasteiger partial charge in [-0.3, -0.25) is 14.3 Å². The van der Waals surface area contributed by atoms with Crippen molar-refractivity contribution in [1.82, 2.24) is 19.6 Å². The number of benzene rings is 3. The molecule has 0 spiro atoms. The van der Waals surface area contributed by atoms with Crippen LogP contribution in [0.4, 0.5) is 0 Å². The van der Waals surface area contributed by atoms with Gasteiger partial charge in [0.25, 0.3) is 5.91 Å². The van der Waals surface area contributed by atoms with Crippen molar-refractivity contribution < 1.29 is 18.0 Å². The van der Waals surface area contributed by atoms with Crippen LogP contribution in [-0.4, -0.2) is 42.0 Å². The average molecular weight is 489 g/mol. The zero-order valence-corrected chi connectivity index (χ0v) is 19.9. The minimum Gasteiger partial charge on any atom is -0.269 e. The molecule has 4 rings (SSSR count). The zero-order chi connectivity index (χ0) is 24.8. The van der Waals surface area contributed by atoms with Crippen LogP contribution in [0.25, 0.3) is 10.9 Å². The minimum absolute atomic E-state index is 0.0106. The van der Waals surface area contributed by atoms with Crippen LogP contribution in [-0.2, 0) is 28.0 Å². The van der Waals surface area contributed by atoms with E-state index in [0.717, 1.165) is 20.9 Å². The molecule has 0 atom stereocenters. The quantitative estimate of drug-likeness (QED) is 0.289. The van der Waals surface area contributed by atoms with Crippen molar-refractivity contribution >= 4 is 26.8 Å². The van der Waals surface area contributed by atoms with E-state index < -0.39 is 15.9 Å². The van der Waals surface area contributed by atoms with Crippen LogP contribution < -0.4 is 5.48 Å². The van der Waals surface area contributed by atoms with Gasteiger partial charge in [-0.25, -0.2) is 13.9 Å². The zero-order valence-electron chi connectivity index (χ0n) is 19.1. The standard InChI is InChI=1S/C26H24N4O4S/c1-3-17-29(2)35(32,33)22-15-13-20(14-16-22)18-30-24-12-8-7-11-23(24)25(27-30)26(31)28-34-19-21-9-5-4-6-10-21/h1,4-16H,17-19H2,2H3,(H,28,31). The summed E-state index contributed by atoms with van der Waals surface area (Å²) in [4.78, 5) is 18.3. The third kappa shape index (κ3) is 5.41. The van der Waals surface area contributed by atoms with E-state index >= 15 is 0 Å². The molecule has 1 heterocycles. The van der Waals surface area contributed by atoms with Crippen LogP contribution in [0.15, 0.2) is 83.8 Å². The number of amides is 1. The number of terminal acetylenes is 1. The van der Waals surface area contributed by atoms with Crippen molar-refractivity contribution in [2.75, 3.05) is 13.6 Å². The summed E-state index contributed by atoms with van der Waals surface area (Å²) in [5, 5.41) is 5.19. The van der Waals surface area contributed by atoms with Crippen LogP contribution >= 0.6 is 0 Å². The van der Waals surface area contributed by atoms with Crippen LogP contribution in [0.3, 0.4) is 0 Å². The van der Waals surface area contributed by atoms with Crippen molar-refractivity contribution in [1.29, 1.82) is 0 Å². The van der Waals surface area contributed by atoms with Gasteiger partial charge >= 0.3 is 0 Å². The van der Waals surface area contributed by atoms with Crippen LogP contribution in [0, 0.1) is 12.3 Å². The molecular formula is C26H24N4O4S. The van der Waals surface area contributed by atoms with Crippen LogP contribution in [0.1, 0.15) is 21.6 Å². The number of nitrogens with one attached hydrogen (secondary N) is 1. The molecule has 0 aliphatic carbocycles. The number of sulfonamides is 1. The summed E-state index contributed by atoms with van der Waals surface area (Å²) in [6, 6.07) is 23.4. The number of fused-ring (bicyclic) bond motifs is 1.